The van der Waals surface area contributed by atoms with E-state index in [-0.39, 0.29) is 17.4 Å². The Hall–Kier alpha value is -1.43. The lowest BCUT2D eigenvalue weighted by atomic mass is 9.87. The van der Waals surface area contributed by atoms with Crippen LogP contribution in [0.4, 0.5) is 0 Å². The molecule has 6 heteroatoms. The highest BCUT2D eigenvalue weighted by atomic mass is 16.2. The number of aromatic nitrogens is 3. The molecular weight excluding hydrogens is 242 g/mol. The Morgan fingerprint density at radius 3 is 2.89 bits per heavy atom. The molecule has 19 heavy (non-hydrogen) atoms. The molecule has 1 atom stereocenters. The van der Waals surface area contributed by atoms with Gasteiger partial charge in [-0.1, -0.05) is 20.8 Å². The quantitative estimate of drug-likeness (QED) is 0.876. The van der Waals surface area contributed by atoms with Crippen molar-refractivity contribution in [1.82, 2.24) is 19.7 Å². The molecule has 0 bridgehead atoms. The summed E-state index contributed by atoms with van der Waals surface area (Å²) in [6, 6.07) is -0.0766. The summed E-state index contributed by atoms with van der Waals surface area (Å²) in [5.74, 6) is 0.968. The Morgan fingerprint density at radius 2 is 2.21 bits per heavy atom. The standard InChI is InChI=1S/C13H23N5O/c1-13(2,3)7-10(14)6-12(19)17-4-5-18-9-15-16-11(18)8-17/h9-10H,4-8,14H2,1-3H3. The average Bonchev–Trinajstić information content (AvgIpc) is 2.72. The molecule has 6 nitrogen and oxygen atoms in total. The first-order valence-corrected chi connectivity index (χ1v) is 6.75. The second-order valence-electron chi connectivity index (χ2n) is 6.48. The van der Waals surface area contributed by atoms with Crippen LogP contribution in [0.1, 0.15) is 39.4 Å². The molecular formula is C13H23N5O. The largest absolute Gasteiger partial charge is 0.333 e. The van der Waals surface area contributed by atoms with Gasteiger partial charge in [-0.3, -0.25) is 4.79 Å². The van der Waals surface area contributed by atoms with Crippen LogP contribution in [0.5, 0.6) is 0 Å². The summed E-state index contributed by atoms with van der Waals surface area (Å²) in [7, 11) is 0. The summed E-state index contributed by atoms with van der Waals surface area (Å²) in [6.07, 6.45) is 2.97. The number of hydrogen-bond acceptors (Lipinski definition) is 4. The third-order valence-corrected chi connectivity index (χ3v) is 3.30. The first-order valence-electron chi connectivity index (χ1n) is 6.75. The fourth-order valence-electron chi connectivity index (χ4n) is 2.49. The predicted molar refractivity (Wildman–Crippen MR) is 72.1 cm³/mol. The van der Waals surface area contributed by atoms with E-state index in [1.54, 1.807) is 6.33 Å². The van der Waals surface area contributed by atoms with E-state index in [2.05, 4.69) is 31.0 Å². The van der Waals surface area contributed by atoms with Crippen LogP contribution < -0.4 is 5.73 Å². The van der Waals surface area contributed by atoms with Crippen LogP contribution in [0.3, 0.4) is 0 Å². The minimum Gasteiger partial charge on any atom is -0.333 e. The van der Waals surface area contributed by atoms with Gasteiger partial charge in [0.05, 0.1) is 6.54 Å². The Morgan fingerprint density at radius 1 is 1.47 bits per heavy atom. The van der Waals surface area contributed by atoms with Crippen LogP contribution in [0, 0.1) is 5.41 Å². The Balaban J connectivity index is 1.88. The molecule has 0 aliphatic carbocycles. The number of rotatable bonds is 3. The van der Waals surface area contributed by atoms with Crippen molar-refractivity contribution in [3.8, 4) is 0 Å². The molecule has 0 aromatic carbocycles. The van der Waals surface area contributed by atoms with Gasteiger partial charge in [-0.2, -0.15) is 0 Å². The first-order chi connectivity index (χ1) is 8.85. The second-order valence-corrected chi connectivity index (χ2v) is 6.48. The second kappa shape index (κ2) is 5.28. The topological polar surface area (TPSA) is 77.0 Å². The molecule has 1 aliphatic rings. The number of hydrogen-bond donors (Lipinski definition) is 1. The normalized spacial score (nSPS) is 17.2. The molecule has 1 aromatic rings. The molecule has 0 saturated carbocycles. The van der Waals surface area contributed by atoms with E-state index < -0.39 is 0 Å². The van der Waals surface area contributed by atoms with Gasteiger partial charge < -0.3 is 15.2 Å². The highest BCUT2D eigenvalue weighted by Crippen LogP contribution is 2.21. The zero-order valence-electron chi connectivity index (χ0n) is 12.0. The molecule has 1 unspecified atom stereocenters. The molecule has 0 saturated heterocycles. The van der Waals surface area contributed by atoms with E-state index in [4.69, 9.17) is 5.73 Å². The van der Waals surface area contributed by atoms with E-state index >= 15 is 0 Å². The molecule has 1 aliphatic heterocycles. The number of nitrogens with two attached hydrogens (primary N) is 1. The van der Waals surface area contributed by atoms with E-state index in [0.717, 1.165) is 18.8 Å². The van der Waals surface area contributed by atoms with Crippen molar-refractivity contribution in [2.45, 2.75) is 52.7 Å². The summed E-state index contributed by atoms with van der Waals surface area (Å²) < 4.78 is 1.98. The lowest BCUT2D eigenvalue weighted by molar-refractivity contribution is -0.133. The van der Waals surface area contributed by atoms with Gasteiger partial charge >= 0.3 is 0 Å². The van der Waals surface area contributed by atoms with Crippen molar-refractivity contribution in [1.29, 1.82) is 0 Å². The van der Waals surface area contributed by atoms with Crippen molar-refractivity contribution in [2.24, 2.45) is 11.1 Å². The van der Waals surface area contributed by atoms with Crippen molar-refractivity contribution in [2.75, 3.05) is 6.54 Å². The van der Waals surface area contributed by atoms with Gasteiger partial charge in [0.25, 0.3) is 0 Å². The van der Waals surface area contributed by atoms with Crippen LogP contribution in [-0.2, 0) is 17.9 Å². The first kappa shape index (κ1) is 14.0. The fraction of sp³-hybridized carbons (Fsp3) is 0.769. The highest BCUT2D eigenvalue weighted by Gasteiger charge is 2.24. The maximum Gasteiger partial charge on any atom is 0.224 e. The molecule has 0 radical (unpaired) electrons. The van der Waals surface area contributed by atoms with Gasteiger partial charge in [0.1, 0.15) is 6.33 Å². The number of fused-ring (bicyclic) bond motifs is 1. The van der Waals surface area contributed by atoms with Gasteiger partial charge in [0.2, 0.25) is 5.91 Å². The van der Waals surface area contributed by atoms with Gasteiger partial charge in [-0.25, -0.2) is 0 Å². The van der Waals surface area contributed by atoms with E-state index in [1.165, 1.54) is 0 Å². The molecule has 106 valence electrons. The lowest BCUT2D eigenvalue weighted by Crippen LogP contribution is -2.41. The monoisotopic (exact) mass is 265 g/mol. The van der Waals surface area contributed by atoms with Crippen LogP contribution in [-0.4, -0.2) is 38.2 Å². The molecule has 1 amide bonds. The summed E-state index contributed by atoms with van der Waals surface area (Å²) >= 11 is 0. The van der Waals surface area contributed by atoms with Gasteiger partial charge in [-0.15, -0.1) is 10.2 Å². The van der Waals surface area contributed by atoms with E-state index in [0.29, 0.717) is 19.5 Å². The molecule has 2 N–H and O–H groups in total. The van der Waals surface area contributed by atoms with Crippen LogP contribution in [0.15, 0.2) is 6.33 Å². The third-order valence-electron chi connectivity index (χ3n) is 3.30. The number of amides is 1. The van der Waals surface area contributed by atoms with Crippen molar-refractivity contribution in [3.63, 3.8) is 0 Å². The van der Waals surface area contributed by atoms with Crippen LogP contribution in [0.25, 0.3) is 0 Å². The number of nitrogens with zero attached hydrogens (tertiary/aromatic N) is 4. The van der Waals surface area contributed by atoms with Gasteiger partial charge in [0, 0.05) is 25.6 Å². The van der Waals surface area contributed by atoms with Crippen molar-refractivity contribution >= 4 is 5.91 Å². The summed E-state index contributed by atoms with van der Waals surface area (Å²) in [6.45, 7) is 8.44. The van der Waals surface area contributed by atoms with E-state index in [1.807, 2.05) is 9.47 Å². The van der Waals surface area contributed by atoms with E-state index in [9.17, 15) is 4.79 Å². The minimum atomic E-state index is -0.0766. The molecule has 0 spiro atoms. The van der Waals surface area contributed by atoms with Crippen molar-refractivity contribution in [3.05, 3.63) is 12.2 Å². The fourth-order valence-corrected chi connectivity index (χ4v) is 2.49. The van der Waals surface area contributed by atoms with Gasteiger partial charge in [-0.05, 0) is 11.8 Å². The average molecular weight is 265 g/mol. The van der Waals surface area contributed by atoms with Gasteiger partial charge in [0.15, 0.2) is 5.82 Å². The molecule has 2 rings (SSSR count). The van der Waals surface area contributed by atoms with Crippen LogP contribution in [0.2, 0.25) is 0 Å². The predicted octanol–water partition coefficient (Wildman–Crippen LogP) is 0.774. The maximum absolute atomic E-state index is 12.2. The summed E-state index contributed by atoms with van der Waals surface area (Å²) in [5, 5.41) is 7.87. The summed E-state index contributed by atoms with van der Waals surface area (Å²) in [5.41, 5.74) is 6.22. The number of carbonyl (C=O) groups is 1. The SMILES string of the molecule is CC(C)(C)CC(N)CC(=O)N1CCn2cnnc2C1. The van der Waals surface area contributed by atoms with Crippen LogP contribution >= 0.6 is 0 Å². The zero-order chi connectivity index (χ0) is 14.0. The summed E-state index contributed by atoms with van der Waals surface area (Å²) in [4.78, 5) is 14.0. The molecule has 2 heterocycles. The Kier molecular flexibility index (Phi) is 3.89. The minimum absolute atomic E-state index is 0.0766. The smallest absolute Gasteiger partial charge is 0.224 e. The Labute approximate surface area is 114 Å². The lowest BCUT2D eigenvalue weighted by Gasteiger charge is -2.29. The zero-order valence-corrected chi connectivity index (χ0v) is 12.0. The Bertz CT molecular complexity index is 448. The molecule has 1 aromatic heterocycles. The number of carbonyl (C=O) groups excluding carboxylic acids is 1. The van der Waals surface area contributed by atoms with Crippen molar-refractivity contribution < 1.29 is 4.79 Å². The third kappa shape index (κ3) is 3.76. The maximum atomic E-state index is 12.2. The highest BCUT2D eigenvalue weighted by molar-refractivity contribution is 5.76. The molecule has 0 fully saturated rings.